The number of fused-ring (bicyclic) bond motifs is 3. The van der Waals surface area contributed by atoms with E-state index in [-0.39, 0.29) is 0 Å². The second kappa shape index (κ2) is 6.07. The minimum absolute atomic E-state index is 0.334. The third-order valence-corrected chi connectivity index (χ3v) is 4.57. The number of nitrogens with zero attached hydrogens (tertiary/aromatic N) is 1. The molecule has 1 unspecified atom stereocenters. The van der Waals surface area contributed by atoms with E-state index in [2.05, 4.69) is 0 Å². The molecule has 0 bridgehead atoms. The Kier molecular flexibility index (Phi) is 3.75. The summed E-state index contributed by atoms with van der Waals surface area (Å²) in [7, 11) is 1.83. The van der Waals surface area contributed by atoms with E-state index in [0.717, 1.165) is 33.1 Å². The molecule has 1 heterocycles. The van der Waals surface area contributed by atoms with Crippen molar-refractivity contribution in [1.82, 2.24) is 4.90 Å². The number of nitrogens with two attached hydrogens (primary N) is 1. The van der Waals surface area contributed by atoms with Gasteiger partial charge in [0.1, 0.15) is 23.2 Å². The topological polar surface area (TPSA) is 66.2 Å². The number of hydrogen-bond donors (Lipinski definition) is 2. The highest BCUT2D eigenvalue weighted by Gasteiger charge is 2.20. The summed E-state index contributed by atoms with van der Waals surface area (Å²) >= 11 is 0. The Morgan fingerprint density at radius 3 is 2.40 bits per heavy atom. The van der Waals surface area contributed by atoms with Gasteiger partial charge in [-0.15, -0.1) is 0 Å². The molecule has 0 fully saturated rings. The lowest BCUT2D eigenvalue weighted by Crippen LogP contribution is -2.36. The maximum Gasteiger partial charge on any atom is 0.146 e. The van der Waals surface area contributed by atoms with Crippen LogP contribution in [0.4, 0.5) is 0 Å². The third kappa shape index (κ3) is 2.57. The highest BCUT2D eigenvalue weighted by molar-refractivity contribution is 6.13. The Morgan fingerprint density at radius 2 is 1.60 bits per heavy atom. The van der Waals surface area contributed by atoms with Gasteiger partial charge in [0.2, 0.25) is 0 Å². The molecule has 3 aromatic carbocycles. The zero-order chi connectivity index (χ0) is 17.4. The first-order valence-corrected chi connectivity index (χ1v) is 8.19. The lowest BCUT2D eigenvalue weighted by Gasteiger charge is -2.27. The van der Waals surface area contributed by atoms with Gasteiger partial charge in [0.15, 0.2) is 0 Å². The first-order valence-electron chi connectivity index (χ1n) is 8.19. The third-order valence-electron chi connectivity index (χ3n) is 4.57. The van der Waals surface area contributed by atoms with Gasteiger partial charge in [-0.2, -0.15) is 0 Å². The fourth-order valence-corrected chi connectivity index (χ4v) is 3.14. The second-order valence-corrected chi connectivity index (χ2v) is 6.10. The van der Waals surface area contributed by atoms with E-state index < -0.39 is 6.17 Å². The predicted molar refractivity (Wildman–Crippen MR) is 102 cm³/mol. The first kappa shape index (κ1) is 15.4. The number of benzene rings is 3. The molecule has 0 aliphatic carbocycles. The van der Waals surface area contributed by atoms with E-state index in [1.807, 2.05) is 79.8 Å². The minimum atomic E-state index is -0.395. The van der Waals surface area contributed by atoms with Crippen molar-refractivity contribution in [2.24, 2.45) is 5.73 Å². The van der Waals surface area contributed by atoms with Gasteiger partial charge < -0.3 is 15.1 Å². The Labute approximate surface area is 146 Å². The van der Waals surface area contributed by atoms with E-state index >= 15 is 0 Å². The number of hydrogen-bond acceptors (Lipinski definition) is 3. The summed E-state index contributed by atoms with van der Waals surface area (Å²) in [5.74, 6) is 0.334. The molecule has 3 N–H and O–H groups in total. The number of rotatable bonds is 3. The first-order chi connectivity index (χ1) is 12.2. The van der Waals surface area contributed by atoms with Gasteiger partial charge >= 0.3 is 0 Å². The van der Waals surface area contributed by atoms with Crippen molar-refractivity contribution in [2.45, 2.75) is 6.17 Å². The van der Waals surface area contributed by atoms with E-state index in [1.165, 1.54) is 0 Å². The van der Waals surface area contributed by atoms with Crippen LogP contribution in [-0.2, 0) is 0 Å². The van der Waals surface area contributed by atoms with Gasteiger partial charge in [-0.3, -0.25) is 5.41 Å². The molecule has 0 saturated heterocycles. The van der Waals surface area contributed by atoms with Gasteiger partial charge in [0.25, 0.3) is 0 Å². The summed E-state index contributed by atoms with van der Waals surface area (Å²) in [6.07, 6.45) is -0.395. The summed E-state index contributed by atoms with van der Waals surface area (Å²) in [6, 6.07) is 23.6. The van der Waals surface area contributed by atoms with Crippen LogP contribution < -0.4 is 5.73 Å². The van der Waals surface area contributed by atoms with Crippen LogP contribution in [0.25, 0.3) is 21.9 Å². The molecule has 1 atom stereocenters. The standard InChI is InChI=1S/C21H19N3O/c1-24(20(22)14-8-3-2-4-9-14)21(23)17-12-7-11-16-15-10-5-6-13-18(15)25-19(16)17/h2-13,20,23H,22H2,1H3. The smallest absolute Gasteiger partial charge is 0.146 e. The Balaban J connectivity index is 1.77. The summed E-state index contributed by atoms with van der Waals surface area (Å²) in [5, 5.41) is 10.7. The number of furan rings is 1. The summed E-state index contributed by atoms with van der Waals surface area (Å²) < 4.78 is 6.03. The van der Waals surface area contributed by atoms with Crippen molar-refractivity contribution in [3.63, 3.8) is 0 Å². The Bertz CT molecular complexity index is 1050. The van der Waals surface area contributed by atoms with Crippen LogP contribution >= 0.6 is 0 Å². The average molecular weight is 329 g/mol. The second-order valence-electron chi connectivity index (χ2n) is 6.10. The molecule has 4 rings (SSSR count). The average Bonchev–Trinajstić information content (AvgIpc) is 3.05. The van der Waals surface area contributed by atoms with E-state index in [0.29, 0.717) is 5.84 Å². The van der Waals surface area contributed by atoms with Gasteiger partial charge in [0.05, 0.1) is 5.56 Å². The molecule has 4 heteroatoms. The van der Waals surface area contributed by atoms with Gasteiger partial charge in [-0.1, -0.05) is 60.7 Å². The molecule has 0 amide bonds. The number of amidine groups is 1. The van der Waals surface area contributed by atoms with Crippen LogP contribution in [-0.4, -0.2) is 17.8 Å². The highest BCUT2D eigenvalue weighted by Crippen LogP contribution is 2.31. The largest absolute Gasteiger partial charge is 0.455 e. The molecule has 0 aliphatic heterocycles. The normalized spacial score (nSPS) is 12.4. The van der Waals surface area contributed by atoms with Crippen molar-refractivity contribution >= 4 is 27.8 Å². The van der Waals surface area contributed by atoms with Gasteiger partial charge in [0, 0.05) is 17.8 Å². The zero-order valence-corrected chi connectivity index (χ0v) is 13.9. The molecule has 124 valence electrons. The molecular weight excluding hydrogens is 310 g/mol. The van der Waals surface area contributed by atoms with Crippen LogP contribution in [0.15, 0.2) is 77.2 Å². The van der Waals surface area contributed by atoms with Gasteiger partial charge in [-0.05, 0) is 17.7 Å². The number of nitrogens with one attached hydrogen (secondary N) is 1. The molecule has 4 aromatic rings. The predicted octanol–water partition coefficient (Wildman–Crippen LogP) is 4.50. The SMILES string of the molecule is CN(C(=N)c1cccc2c1oc1ccccc12)C(N)c1ccccc1. The van der Waals surface area contributed by atoms with Crippen LogP contribution in [0.5, 0.6) is 0 Å². The lowest BCUT2D eigenvalue weighted by atomic mass is 10.1. The molecule has 0 saturated carbocycles. The quantitative estimate of drug-likeness (QED) is 0.330. The zero-order valence-electron chi connectivity index (χ0n) is 13.9. The number of para-hydroxylation sites is 2. The Hall–Kier alpha value is -3.11. The van der Waals surface area contributed by atoms with Gasteiger partial charge in [-0.25, -0.2) is 0 Å². The maximum atomic E-state index is 8.66. The fourth-order valence-electron chi connectivity index (χ4n) is 3.14. The van der Waals surface area contributed by atoms with Crippen molar-refractivity contribution in [2.75, 3.05) is 7.05 Å². The molecule has 0 radical (unpaired) electrons. The van der Waals surface area contributed by atoms with E-state index in [4.69, 9.17) is 15.6 Å². The molecular formula is C21H19N3O. The molecule has 0 spiro atoms. The lowest BCUT2D eigenvalue weighted by molar-refractivity contribution is 0.384. The van der Waals surface area contributed by atoms with Crippen molar-refractivity contribution in [3.05, 3.63) is 83.9 Å². The van der Waals surface area contributed by atoms with Crippen LogP contribution in [0.2, 0.25) is 0 Å². The monoisotopic (exact) mass is 329 g/mol. The summed E-state index contributed by atoms with van der Waals surface area (Å²) in [4.78, 5) is 1.76. The maximum absolute atomic E-state index is 8.66. The molecule has 1 aromatic heterocycles. The molecule has 4 nitrogen and oxygen atoms in total. The van der Waals surface area contributed by atoms with Crippen molar-refractivity contribution < 1.29 is 4.42 Å². The van der Waals surface area contributed by atoms with Crippen LogP contribution in [0, 0.1) is 5.41 Å². The molecule has 0 aliphatic rings. The fraction of sp³-hybridized carbons (Fsp3) is 0.0952. The van der Waals surface area contributed by atoms with E-state index in [9.17, 15) is 0 Å². The summed E-state index contributed by atoms with van der Waals surface area (Å²) in [6.45, 7) is 0. The highest BCUT2D eigenvalue weighted by atomic mass is 16.3. The van der Waals surface area contributed by atoms with E-state index in [1.54, 1.807) is 4.90 Å². The Morgan fingerprint density at radius 1 is 0.920 bits per heavy atom. The van der Waals surface area contributed by atoms with Crippen LogP contribution in [0.3, 0.4) is 0 Å². The molecule has 25 heavy (non-hydrogen) atoms. The minimum Gasteiger partial charge on any atom is -0.455 e. The van der Waals surface area contributed by atoms with Crippen LogP contribution in [0.1, 0.15) is 17.3 Å². The van der Waals surface area contributed by atoms with Crippen molar-refractivity contribution in [1.29, 1.82) is 5.41 Å². The van der Waals surface area contributed by atoms with Crippen molar-refractivity contribution in [3.8, 4) is 0 Å². The summed E-state index contributed by atoms with van der Waals surface area (Å²) in [5.41, 5.74) is 9.60.